The van der Waals surface area contributed by atoms with Crippen LogP contribution in [-0.4, -0.2) is 22.0 Å². The van der Waals surface area contributed by atoms with Crippen LogP contribution in [0.25, 0.3) is 0 Å². The Balaban J connectivity index is 2.83. The highest BCUT2D eigenvalue weighted by Crippen LogP contribution is 2.16. The number of carbonyl (C=O) groups excluding carboxylic acids is 1. The lowest BCUT2D eigenvalue weighted by atomic mass is 10.1. The van der Waals surface area contributed by atoms with Crippen molar-refractivity contribution in [1.29, 1.82) is 0 Å². The zero-order valence-corrected chi connectivity index (χ0v) is 7.03. The van der Waals surface area contributed by atoms with Gasteiger partial charge in [-0.3, -0.25) is 4.79 Å². The summed E-state index contributed by atoms with van der Waals surface area (Å²) in [5, 5.41) is 17.1. The Morgan fingerprint density at radius 1 is 1.36 bits per heavy atom. The first-order chi connectivity index (χ1) is 6.50. The number of hydrogen-bond acceptors (Lipinski definition) is 3. The zero-order chi connectivity index (χ0) is 10.7. The summed E-state index contributed by atoms with van der Waals surface area (Å²) < 4.78 is 12.7. The fraction of sp³-hybridized carbons (Fsp3) is 0.111. The van der Waals surface area contributed by atoms with E-state index in [1.165, 1.54) is 6.07 Å². The first kappa shape index (κ1) is 10.2. The van der Waals surface area contributed by atoms with E-state index >= 15 is 0 Å². The number of hydrogen-bond donors (Lipinski definition) is 2. The Labute approximate surface area is 78.6 Å². The second-order valence-corrected chi connectivity index (χ2v) is 2.69. The molecular formula is C9H7FO4. The van der Waals surface area contributed by atoms with Crippen molar-refractivity contribution in [1.82, 2.24) is 0 Å². The van der Waals surface area contributed by atoms with Gasteiger partial charge in [-0.05, 0) is 17.7 Å². The van der Waals surface area contributed by atoms with Gasteiger partial charge in [0.15, 0.2) is 11.6 Å². The molecule has 0 fully saturated rings. The minimum Gasteiger partial charge on any atom is -0.505 e. The normalized spacial score (nSPS) is 9.79. The number of aromatic hydroxyl groups is 1. The molecule has 0 saturated carbocycles. The number of aliphatic carboxylic acids is 1. The first-order valence-electron chi connectivity index (χ1n) is 3.74. The molecule has 74 valence electrons. The fourth-order valence-electron chi connectivity index (χ4n) is 0.921. The number of phenols is 1. The number of carboxylic acids is 1. The molecule has 2 N–H and O–H groups in total. The van der Waals surface area contributed by atoms with Gasteiger partial charge in [0.05, 0.1) is 0 Å². The molecule has 5 heteroatoms. The molecule has 0 aliphatic carbocycles. The monoisotopic (exact) mass is 198 g/mol. The topological polar surface area (TPSA) is 74.6 Å². The molecule has 1 rings (SSSR count). The van der Waals surface area contributed by atoms with Crippen LogP contribution in [-0.2, 0) is 16.0 Å². The Morgan fingerprint density at radius 2 is 2.00 bits per heavy atom. The van der Waals surface area contributed by atoms with Gasteiger partial charge in [0, 0.05) is 6.42 Å². The van der Waals surface area contributed by atoms with E-state index in [4.69, 9.17) is 10.2 Å². The third-order valence-corrected chi connectivity index (χ3v) is 1.62. The molecule has 0 aromatic heterocycles. The molecule has 14 heavy (non-hydrogen) atoms. The molecule has 0 atom stereocenters. The number of ketones is 1. The van der Waals surface area contributed by atoms with Crippen molar-refractivity contribution in [3.63, 3.8) is 0 Å². The number of halogens is 1. The lowest BCUT2D eigenvalue weighted by Crippen LogP contribution is -2.15. The van der Waals surface area contributed by atoms with Crippen molar-refractivity contribution in [2.75, 3.05) is 0 Å². The van der Waals surface area contributed by atoms with Crippen molar-refractivity contribution < 1.29 is 24.2 Å². The van der Waals surface area contributed by atoms with E-state index in [1.807, 2.05) is 0 Å². The molecule has 0 amide bonds. The summed E-state index contributed by atoms with van der Waals surface area (Å²) in [5.74, 6) is -3.98. The van der Waals surface area contributed by atoms with Gasteiger partial charge in [-0.1, -0.05) is 6.07 Å². The van der Waals surface area contributed by atoms with Crippen LogP contribution in [0.2, 0.25) is 0 Å². The number of carbonyl (C=O) groups is 2. The number of carboxylic acid groups (broad SMARTS) is 1. The van der Waals surface area contributed by atoms with Crippen LogP contribution in [0.3, 0.4) is 0 Å². The van der Waals surface area contributed by atoms with Crippen LogP contribution in [0.4, 0.5) is 4.39 Å². The summed E-state index contributed by atoms with van der Waals surface area (Å²) in [6.07, 6.45) is -0.382. The van der Waals surface area contributed by atoms with Crippen LogP contribution in [0.15, 0.2) is 18.2 Å². The molecule has 0 bridgehead atoms. The Kier molecular flexibility index (Phi) is 2.81. The predicted molar refractivity (Wildman–Crippen MR) is 44.4 cm³/mol. The molecule has 0 aliphatic heterocycles. The zero-order valence-electron chi connectivity index (χ0n) is 7.03. The Morgan fingerprint density at radius 3 is 2.50 bits per heavy atom. The molecule has 4 nitrogen and oxygen atoms in total. The van der Waals surface area contributed by atoms with E-state index in [-0.39, 0.29) is 12.0 Å². The maximum Gasteiger partial charge on any atom is 0.372 e. The van der Waals surface area contributed by atoms with E-state index in [2.05, 4.69) is 0 Å². The third-order valence-electron chi connectivity index (χ3n) is 1.62. The SMILES string of the molecule is O=C(O)C(=O)Cc1ccc(O)c(F)c1. The van der Waals surface area contributed by atoms with Crippen molar-refractivity contribution in [3.8, 4) is 5.75 Å². The molecule has 1 aromatic rings. The van der Waals surface area contributed by atoms with E-state index < -0.39 is 23.3 Å². The van der Waals surface area contributed by atoms with Gasteiger partial charge in [-0.25, -0.2) is 9.18 Å². The van der Waals surface area contributed by atoms with Crippen molar-refractivity contribution in [2.45, 2.75) is 6.42 Å². The molecule has 0 heterocycles. The van der Waals surface area contributed by atoms with Gasteiger partial charge >= 0.3 is 5.97 Å². The molecule has 0 aliphatic rings. The molecule has 0 unspecified atom stereocenters. The minimum atomic E-state index is -1.56. The smallest absolute Gasteiger partial charge is 0.372 e. The van der Waals surface area contributed by atoms with Gasteiger partial charge < -0.3 is 10.2 Å². The molecule has 0 radical (unpaired) electrons. The van der Waals surface area contributed by atoms with Crippen LogP contribution in [0.5, 0.6) is 5.75 Å². The average Bonchev–Trinajstić information content (AvgIpc) is 2.11. The summed E-state index contributed by atoms with van der Waals surface area (Å²) in [4.78, 5) is 20.9. The number of benzene rings is 1. The van der Waals surface area contributed by atoms with Crippen molar-refractivity contribution >= 4 is 11.8 Å². The summed E-state index contributed by atoms with van der Waals surface area (Å²) in [5.41, 5.74) is 0.215. The molecular weight excluding hydrogens is 191 g/mol. The summed E-state index contributed by atoms with van der Waals surface area (Å²) in [6, 6.07) is 3.29. The van der Waals surface area contributed by atoms with Gasteiger partial charge in [-0.15, -0.1) is 0 Å². The van der Waals surface area contributed by atoms with Gasteiger partial charge in [0.2, 0.25) is 5.78 Å². The second kappa shape index (κ2) is 3.87. The molecule has 1 aromatic carbocycles. The predicted octanol–water partition coefficient (Wildman–Crippen LogP) is 0.728. The fourth-order valence-corrected chi connectivity index (χ4v) is 0.921. The largest absolute Gasteiger partial charge is 0.505 e. The van der Waals surface area contributed by atoms with Crippen LogP contribution in [0.1, 0.15) is 5.56 Å². The molecule has 0 saturated heterocycles. The number of phenolic OH excluding ortho intramolecular Hbond substituents is 1. The van der Waals surface area contributed by atoms with Gasteiger partial charge in [0.1, 0.15) is 0 Å². The quantitative estimate of drug-likeness (QED) is 0.702. The van der Waals surface area contributed by atoms with Crippen LogP contribution >= 0.6 is 0 Å². The van der Waals surface area contributed by atoms with Crippen LogP contribution < -0.4 is 0 Å². The van der Waals surface area contributed by atoms with E-state index in [9.17, 15) is 14.0 Å². The Hall–Kier alpha value is -1.91. The lowest BCUT2D eigenvalue weighted by Gasteiger charge is -1.99. The van der Waals surface area contributed by atoms with Crippen molar-refractivity contribution in [2.24, 2.45) is 0 Å². The highest BCUT2D eigenvalue weighted by molar-refractivity contribution is 6.33. The summed E-state index contributed by atoms with van der Waals surface area (Å²) in [7, 11) is 0. The van der Waals surface area contributed by atoms with Gasteiger partial charge in [-0.2, -0.15) is 0 Å². The maximum atomic E-state index is 12.7. The van der Waals surface area contributed by atoms with E-state index in [0.717, 1.165) is 12.1 Å². The van der Waals surface area contributed by atoms with Gasteiger partial charge in [0.25, 0.3) is 0 Å². The van der Waals surface area contributed by atoms with E-state index in [0.29, 0.717) is 0 Å². The van der Waals surface area contributed by atoms with E-state index in [1.54, 1.807) is 0 Å². The standard InChI is InChI=1S/C9H7FO4/c10-6-3-5(1-2-7(6)11)4-8(12)9(13)14/h1-3,11H,4H2,(H,13,14). The number of rotatable bonds is 3. The third kappa shape index (κ3) is 2.29. The van der Waals surface area contributed by atoms with Crippen LogP contribution in [0, 0.1) is 5.82 Å². The second-order valence-electron chi connectivity index (χ2n) is 2.69. The lowest BCUT2D eigenvalue weighted by molar-refractivity contribution is -0.148. The number of Topliss-reactive ketones (excluding diaryl/α,β-unsaturated/α-hetero) is 1. The first-order valence-corrected chi connectivity index (χ1v) is 3.74. The van der Waals surface area contributed by atoms with Crippen molar-refractivity contribution in [3.05, 3.63) is 29.6 Å². The highest BCUT2D eigenvalue weighted by Gasteiger charge is 2.13. The molecule has 0 spiro atoms. The highest BCUT2D eigenvalue weighted by atomic mass is 19.1. The average molecular weight is 198 g/mol. The maximum absolute atomic E-state index is 12.7. The summed E-state index contributed by atoms with van der Waals surface area (Å²) in [6.45, 7) is 0. The Bertz CT molecular complexity index is 386. The summed E-state index contributed by atoms with van der Waals surface area (Å²) >= 11 is 0. The minimum absolute atomic E-state index is 0.215.